The largest absolute Gasteiger partial charge is 0.480 e. The van der Waals surface area contributed by atoms with Crippen LogP contribution in [-0.2, 0) is 15.6 Å². The van der Waals surface area contributed by atoms with Crippen LogP contribution >= 0.6 is 11.8 Å². The van der Waals surface area contributed by atoms with Gasteiger partial charge in [0.05, 0.1) is 0 Å². The van der Waals surface area contributed by atoms with Gasteiger partial charge in [0.1, 0.15) is 6.04 Å². The van der Waals surface area contributed by atoms with Gasteiger partial charge in [0.15, 0.2) is 0 Å². The van der Waals surface area contributed by atoms with Crippen LogP contribution in [0.4, 0.5) is 4.79 Å². The molecule has 1 aliphatic heterocycles. The fourth-order valence-electron chi connectivity index (χ4n) is 1.82. The van der Waals surface area contributed by atoms with Crippen molar-refractivity contribution < 1.29 is 18.9 Å². The Bertz CT molecular complexity index is 342. The van der Waals surface area contributed by atoms with Crippen molar-refractivity contribution in [2.45, 2.75) is 31.3 Å². The molecule has 0 saturated carbocycles. The van der Waals surface area contributed by atoms with Crippen molar-refractivity contribution in [3.8, 4) is 0 Å². The molecule has 110 valence electrons. The average Bonchev–Trinajstić information content (AvgIpc) is 2.37. The third kappa shape index (κ3) is 6.29. The van der Waals surface area contributed by atoms with E-state index >= 15 is 0 Å². The first-order chi connectivity index (χ1) is 9.02. The molecule has 19 heavy (non-hydrogen) atoms. The van der Waals surface area contributed by atoms with E-state index in [9.17, 15) is 13.8 Å². The number of amides is 2. The quantitative estimate of drug-likeness (QED) is 0.660. The van der Waals surface area contributed by atoms with Crippen molar-refractivity contribution in [2.75, 3.05) is 23.5 Å². The Hall–Kier alpha value is -0.760. The number of carbonyl (C=O) groups is 2. The van der Waals surface area contributed by atoms with Crippen LogP contribution in [0.5, 0.6) is 0 Å². The molecule has 0 radical (unpaired) electrons. The van der Waals surface area contributed by atoms with Crippen LogP contribution in [-0.4, -0.2) is 56.9 Å². The lowest BCUT2D eigenvalue weighted by molar-refractivity contribution is -0.139. The summed E-state index contributed by atoms with van der Waals surface area (Å²) < 4.78 is 11.2. The zero-order valence-electron chi connectivity index (χ0n) is 10.9. The summed E-state index contributed by atoms with van der Waals surface area (Å²) in [6, 6.07) is -1.32. The molecule has 0 bridgehead atoms. The molecule has 0 aliphatic carbocycles. The Balaban J connectivity index is 2.35. The van der Waals surface area contributed by atoms with Crippen LogP contribution in [0.1, 0.15) is 19.3 Å². The Morgan fingerprint density at radius 3 is 2.58 bits per heavy atom. The predicted molar refractivity (Wildman–Crippen MR) is 77.0 cm³/mol. The monoisotopic (exact) mass is 308 g/mol. The Morgan fingerprint density at radius 2 is 2.05 bits per heavy atom. The van der Waals surface area contributed by atoms with Gasteiger partial charge in [0.2, 0.25) is 0 Å². The summed E-state index contributed by atoms with van der Waals surface area (Å²) >= 11 is 1.54. The van der Waals surface area contributed by atoms with E-state index in [1.165, 1.54) is 0 Å². The second-order valence-electron chi connectivity index (χ2n) is 4.41. The van der Waals surface area contributed by atoms with E-state index in [1.54, 1.807) is 11.8 Å². The lowest BCUT2D eigenvalue weighted by Gasteiger charge is -2.23. The normalized spacial score (nSPS) is 24.5. The smallest absolute Gasteiger partial charge is 0.326 e. The number of hydrogen-bond acceptors (Lipinski definition) is 4. The molecule has 1 rings (SSSR count). The van der Waals surface area contributed by atoms with E-state index in [0.717, 1.165) is 0 Å². The number of aliphatic carboxylic acids is 1. The lowest BCUT2D eigenvalue weighted by atomic mass is 10.1. The zero-order chi connectivity index (χ0) is 14.3. The second-order valence-corrected chi connectivity index (χ2v) is 7.09. The molecule has 1 fully saturated rings. The SMILES string of the molecule is CSCC[C@H](NC(=O)NC1CCS(=O)CC1)C(=O)O. The van der Waals surface area contributed by atoms with Gasteiger partial charge in [-0.05, 0) is 31.3 Å². The summed E-state index contributed by atoms with van der Waals surface area (Å²) in [7, 11) is -0.767. The van der Waals surface area contributed by atoms with Crippen molar-refractivity contribution in [1.82, 2.24) is 10.6 Å². The molecule has 0 aromatic carbocycles. The molecule has 1 atom stereocenters. The second kappa shape index (κ2) is 8.42. The fourth-order valence-corrected chi connectivity index (χ4v) is 3.59. The summed E-state index contributed by atoms with van der Waals surface area (Å²) in [5.74, 6) is 0.855. The van der Waals surface area contributed by atoms with Crippen LogP contribution in [0.3, 0.4) is 0 Å². The Labute approximate surface area is 119 Å². The highest BCUT2D eigenvalue weighted by atomic mass is 32.2. The molecular formula is C11H20N2O4S2. The minimum absolute atomic E-state index is 0.00676. The van der Waals surface area contributed by atoms with E-state index < -0.39 is 28.8 Å². The van der Waals surface area contributed by atoms with Crippen LogP contribution < -0.4 is 10.6 Å². The fraction of sp³-hybridized carbons (Fsp3) is 0.818. The van der Waals surface area contributed by atoms with Crippen LogP contribution in [0.2, 0.25) is 0 Å². The molecule has 8 heteroatoms. The number of rotatable bonds is 6. The summed E-state index contributed by atoms with van der Waals surface area (Å²) in [5, 5.41) is 14.2. The number of carboxylic acid groups (broad SMARTS) is 1. The van der Waals surface area contributed by atoms with E-state index in [1.807, 2.05) is 6.26 Å². The summed E-state index contributed by atoms with van der Waals surface area (Å²) in [4.78, 5) is 22.7. The maximum Gasteiger partial charge on any atom is 0.326 e. The summed E-state index contributed by atoms with van der Waals surface area (Å²) in [5.41, 5.74) is 0. The molecule has 6 nitrogen and oxygen atoms in total. The molecule has 2 amide bonds. The summed E-state index contributed by atoms with van der Waals surface area (Å²) in [6.07, 6.45) is 3.66. The number of hydrogen-bond donors (Lipinski definition) is 3. The standard InChI is InChI=1S/C11H20N2O4S2/c1-18-5-2-9(10(14)15)13-11(16)12-8-3-6-19(17)7-4-8/h8-9H,2-7H2,1H3,(H,14,15)(H2,12,13,16)/t8?,9-,19?/m0/s1. The van der Waals surface area contributed by atoms with E-state index in [0.29, 0.717) is 36.5 Å². The van der Waals surface area contributed by atoms with Crippen molar-refractivity contribution in [3.63, 3.8) is 0 Å². The third-order valence-electron chi connectivity index (χ3n) is 2.94. The van der Waals surface area contributed by atoms with Gasteiger partial charge in [-0.25, -0.2) is 9.59 Å². The first kappa shape index (κ1) is 16.3. The van der Waals surface area contributed by atoms with Crippen LogP contribution in [0.15, 0.2) is 0 Å². The van der Waals surface area contributed by atoms with Crippen molar-refractivity contribution in [2.24, 2.45) is 0 Å². The molecule has 0 unspecified atom stereocenters. The third-order valence-corrected chi connectivity index (χ3v) is 4.96. The minimum Gasteiger partial charge on any atom is -0.480 e. The number of carboxylic acids is 1. The van der Waals surface area contributed by atoms with Crippen LogP contribution in [0.25, 0.3) is 0 Å². The first-order valence-electron chi connectivity index (χ1n) is 6.16. The molecule has 0 aromatic heterocycles. The molecule has 1 aliphatic rings. The molecular weight excluding hydrogens is 288 g/mol. The highest BCUT2D eigenvalue weighted by molar-refractivity contribution is 7.98. The van der Waals surface area contributed by atoms with Crippen LogP contribution in [0, 0.1) is 0 Å². The maximum absolute atomic E-state index is 11.7. The molecule has 1 heterocycles. The van der Waals surface area contributed by atoms with E-state index in [2.05, 4.69) is 10.6 Å². The number of carbonyl (C=O) groups excluding carboxylic acids is 1. The van der Waals surface area contributed by atoms with Gasteiger partial charge in [0, 0.05) is 28.3 Å². The highest BCUT2D eigenvalue weighted by Crippen LogP contribution is 2.09. The van der Waals surface area contributed by atoms with Gasteiger partial charge in [-0.15, -0.1) is 0 Å². The van der Waals surface area contributed by atoms with E-state index in [-0.39, 0.29) is 6.04 Å². The van der Waals surface area contributed by atoms with Crippen molar-refractivity contribution >= 4 is 34.6 Å². The molecule has 1 saturated heterocycles. The number of nitrogens with one attached hydrogen (secondary N) is 2. The Kier molecular flexibility index (Phi) is 7.22. The highest BCUT2D eigenvalue weighted by Gasteiger charge is 2.23. The van der Waals surface area contributed by atoms with Crippen molar-refractivity contribution in [1.29, 1.82) is 0 Å². The number of thioether (sulfide) groups is 1. The Morgan fingerprint density at radius 1 is 1.42 bits per heavy atom. The van der Waals surface area contributed by atoms with Gasteiger partial charge in [-0.1, -0.05) is 0 Å². The molecule has 0 spiro atoms. The van der Waals surface area contributed by atoms with Crippen molar-refractivity contribution in [3.05, 3.63) is 0 Å². The van der Waals surface area contributed by atoms with Gasteiger partial charge < -0.3 is 15.7 Å². The lowest BCUT2D eigenvalue weighted by Crippen LogP contribution is -2.50. The zero-order valence-corrected chi connectivity index (χ0v) is 12.5. The molecule has 3 N–H and O–H groups in total. The topological polar surface area (TPSA) is 95.5 Å². The number of urea groups is 1. The van der Waals surface area contributed by atoms with Gasteiger partial charge in [-0.2, -0.15) is 11.8 Å². The van der Waals surface area contributed by atoms with E-state index in [4.69, 9.17) is 5.11 Å². The van der Waals surface area contributed by atoms with Gasteiger partial charge in [-0.3, -0.25) is 4.21 Å². The summed E-state index contributed by atoms with van der Waals surface area (Å²) in [6.45, 7) is 0. The van der Waals surface area contributed by atoms with Gasteiger partial charge in [0.25, 0.3) is 0 Å². The van der Waals surface area contributed by atoms with Gasteiger partial charge >= 0.3 is 12.0 Å². The average molecular weight is 308 g/mol. The first-order valence-corrected chi connectivity index (χ1v) is 9.05. The minimum atomic E-state index is -1.02. The maximum atomic E-state index is 11.7. The molecule has 0 aromatic rings. The predicted octanol–water partition coefficient (Wildman–Crippen LogP) is 0.403.